The van der Waals surface area contributed by atoms with Crippen LogP contribution in [0, 0.1) is 13.8 Å². The Morgan fingerprint density at radius 3 is 2.56 bits per heavy atom. The maximum absolute atomic E-state index is 10.8. The molecule has 1 N–H and O–H groups in total. The molecule has 0 aliphatic heterocycles. The topological polar surface area (TPSA) is 72.3 Å². The van der Waals surface area contributed by atoms with Crippen molar-refractivity contribution >= 4 is 5.97 Å². The van der Waals surface area contributed by atoms with Crippen LogP contribution in [0.3, 0.4) is 0 Å². The van der Waals surface area contributed by atoms with E-state index in [9.17, 15) is 4.79 Å². The first kappa shape index (κ1) is 12.0. The molecule has 0 fully saturated rings. The normalized spacial score (nSPS) is 10.1. The van der Waals surface area contributed by atoms with E-state index in [-0.39, 0.29) is 5.56 Å². The molecule has 5 heteroatoms. The molecule has 1 heterocycles. The Kier molecular flexibility index (Phi) is 3.23. The van der Waals surface area contributed by atoms with Gasteiger partial charge < -0.3 is 9.84 Å². The molecule has 0 unspecified atom stereocenters. The molecule has 1 aromatic carbocycles. The zero-order chi connectivity index (χ0) is 13.1. The second-order valence-electron chi connectivity index (χ2n) is 3.83. The maximum Gasteiger partial charge on any atom is 0.335 e. The van der Waals surface area contributed by atoms with Gasteiger partial charge in [-0.1, -0.05) is 0 Å². The number of ether oxygens (including phenoxy) is 1. The fourth-order valence-corrected chi connectivity index (χ4v) is 1.50. The molecule has 5 nitrogen and oxygen atoms in total. The lowest BCUT2D eigenvalue weighted by molar-refractivity contribution is 0.0697. The minimum Gasteiger partial charge on any atom is -0.478 e. The van der Waals surface area contributed by atoms with E-state index < -0.39 is 5.97 Å². The Hall–Kier alpha value is -2.43. The van der Waals surface area contributed by atoms with Gasteiger partial charge in [0.2, 0.25) is 5.88 Å². The molecule has 18 heavy (non-hydrogen) atoms. The van der Waals surface area contributed by atoms with Crippen LogP contribution in [-0.4, -0.2) is 21.0 Å². The molecule has 0 spiro atoms. The molecule has 2 rings (SSSR count). The van der Waals surface area contributed by atoms with Crippen molar-refractivity contribution < 1.29 is 14.6 Å². The van der Waals surface area contributed by atoms with Crippen LogP contribution in [0.1, 0.15) is 21.6 Å². The first-order valence-corrected chi connectivity index (χ1v) is 5.37. The standard InChI is InChI=1S/C13H12N2O3/c1-8-7-10(13(16)17)3-4-11(8)18-12-9(2)14-5-6-15-12/h3-7H,1-2H3,(H,16,17). The molecule has 2 aromatic rings. The predicted octanol–water partition coefficient (Wildman–Crippen LogP) is 2.58. The van der Waals surface area contributed by atoms with Gasteiger partial charge in [-0.2, -0.15) is 0 Å². The van der Waals surface area contributed by atoms with E-state index in [1.165, 1.54) is 6.07 Å². The molecule has 0 amide bonds. The van der Waals surface area contributed by atoms with Crippen LogP contribution in [0.4, 0.5) is 0 Å². The third kappa shape index (κ3) is 2.45. The summed E-state index contributed by atoms with van der Waals surface area (Å²) in [5.74, 6) is 0.0348. The lowest BCUT2D eigenvalue weighted by atomic mass is 10.1. The predicted molar refractivity (Wildman–Crippen MR) is 65.0 cm³/mol. The van der Waals surface area contributed by atoms with Crippen LogP contribution in [0.15, 0.2) is 30.6 Å². The highest BCUT2D eigenvalue weighted by atomic mass is 16.5. The summed E-state index contributed by atoms with van der Waals surface area (Å²) in [7, 11) is 0. The summed E-state index contributed by atoms with van der Waals surface area (Å²) in [5, 5.41) is 8.87. The highest BCUT2D eigenvalue weighted by molar-refractivity contribution is 5.88. The van der Waals surface area contributed by atoms with Gasteiger partial charge in [-0.05, 0) is 37.6 Å². The van der Waals surface area contributed by atoms with E-state index in [0.29, 0.717) is 17.3 Å². The molecule has 0 aliphatic carbocycles. The number of aromatic carboxylic acids is 1. The van der Waals surface area contributed by atoms with Crippen LogP contribution in [0.25, 0.3) is 0 Å². The minimum absolute atomic E-state index is 0.232. The van der Waals surface area contributed by atoms with Gasteiger partial charge in [-0.3, -0.25) is 4.98 Å². The van der Waals surface area contributed by atoms with Crippen LogP contribution < -0.4 is 4.74 Å². The number of carbonyl (C=O) groups is 1. The number of nitrogens with zero attached hydrogens (tertiary/aromatic N) is 2. The Labute approximate surface area is 104 Å². The highest BCUT2D eigenvalue weighted by Crippen LogP contribution is 2.25. The first-order chi connectivity index (χ1) is 8.58. The average Bonchev–Trinajstić information content (AvgIpc) is 2.34. The van der Waals surface area contributed by atoms with Gasteiger partial charge in [0.15, 0.2) is 0 Å². The summed E-state index contributed by atoms with van der Waals surface area (Å²) in [6, 6.07) is 4.67. The molecule has 0 bridgehead atoms. The van der Waals surface area contributed by atoms with Crippen molar-refractivity contribution in [3.8, 4) is 11.6 Å². The van der Waals surface area contributed by atoms with Gasteiger partial charge in [0.1, 0.15) is 5.75 Å². The lowest BCUT2D eigenvalue weighted by Crippen LogP contribution is -1.99. The van der Waals surface area contributed by atoms with E-state index in [2.05, 4.69) is 9.97 Å². The molecule has 0 saturated heterocycles. The molecule has 92 valence electrons. The summed E-state index contributed by atoms with van der Waals surface area (Å²) in [4.78, 5) is 19.0. The molecular formula is C13H12N2O3. The number of aromatic nitrogens is 2. The number of aryl methyl sites for hydroxylation is 2. The Balaban J connectivity index is 2.30. The molecule has 0 radical (unpaired) electrons. The largest absolute Gasteiger partial charge is 0.478 e. The monoisotopic (exact) mass is 244 g/mol. The summed E-state index contributed by atoms with van der Waals surface area (Å²) >= 11 is 0. The van der Waals surface area contributed by atoms with Gasteiger partial charge in [0, 0.05) is 12.4 Å². The number of carboxylic acids is 1. The van der Waals surface area contributed by atoms with Gasteiger partial charge in [0.25, 0.3) is 0 Å². The quantitative estimate of drug-likeness (QED) is 0.898. The van der Waals surface area contributed by atoms with Gasteiger partial charge in [0.05, 0.1) is 11.3 Å². The smallest absolute Gasteiger partial charge is 0.335 e. The number of hydrogen-bond donors (Lipinski definition) is 1. The zero-order valence-electron chi connectivity index (χ0n) is 10.0. The van der Waals surface area contributed by atoms with Gasteiger partial charge >= 0.3 is 5.97 Å². The summed E-state index contributed by atoms with van der Waals surface area (Å²) in [5.41, 5.74) is 1.65. The van der Waals surface area contributed by atoms with Crippen molar-refractivity contribution in [3.05, 3.63) is 47.4 Å². The molecule has 0 atom stereocenters. The zero-order valence-corrected chi connectivity index (χ0v) is 10.0. The lowest BCUT2D eigenvalue weighted by Gasteiger charge is -2.09. The van der Waals surface area contributed by atoms with Crippen LogP contribution in [0.5, 0.6) is 11.6 Å². The summed E-state index contributed by atoms with van der Waals surface area (Å²) in [6.45, 7) is 3.58. The third-order valence-corrected chi connectivity index (χ3v) is 2.46. The second kappa shape index (κ2) is 4.83. The van der Waals surface area contributed by atoms with E-state index in [4.69, 9.17) is 9.84 Å². The Morgan fingerprint density at radius 1 is 1.22 bits per heavy atom. The SMILES string of the molecule is Cc1cc(C(=O)O)ccc1Oc1nccnc1C. The van der Waals surface area contributed by atoms with Crippen molar-refractivity contribution in [1.82, 2.24) is 9.97 Å². The van der Waals surface area contributed by atoms with Crippen LogP contribution in [-0.2, 0) is 0 Å². The number of benzene rings is 1. The van der Waals surface area contributed by atoms with E-state index in [1.54, 1.807) is 38.4 Å². The highest BCUT2D eigenvalue weighted by Gasteiger charge is 2.09. The van der Waals surface area contributed by atoms with E-state index >= 15 is 0 Å². The summed E-state index contributed by atoms with van der Waals surface area (Å²) < 4.78 is 5.61. The third-order valence-electron chi connectivity index (χ3n) is 2.46. The van der Waals surface area contributed by atoms with Gasteiger partial charge in [-0.15, -0.1) is 0 Å². The number of hydrogen-bond acceptors (Lipinski definition) is 4. The van der Waals surface area contributed by atoms with E-state index in [0.717, 1.165) is 5.56 Å². The molecular weight excluding hydrogens is 232 g/mol. The van der Waals surface area contributed by atoms with E-state index in [1.807, 2.05) is 0 Å². The van der Waals surface area contributed by atoms with Crippen molar-refractivity contribution in [3.63, 3.8) is 0 Å². The van der Waals surface area contributed by atoms with Crippen molar-refractivity contribution in [2.24, 2.45) is 0 Å². The van der Waals surface area contributed by atoms with Crippen LogP contribution >= 0.6 is 0 Å². The average molecular weight is 244 g/mol. The Morgan fingerprint density at radius 2 is 1.94 bits per heavy atom. The number of carboxylic acid groups (broad SMARTS) is 1. The minimum atomic E-state index is -0.958. The maximum atomic E-state index is 10.8. The fraction of sp³-hybridized carbons (Fsp3) is 0.154. The Bertz CT molecular complexity index is 597. The van der Waals surface area contributed by atoms with Crippen molar-refractivity contribution in [1.29, 1.82) is 0 Å². The molecule has 0 aliphatic rings. The number of rotatable bonds is 3. The van der Waals surface area contributed by atoms with Crippen LogP contribution in [0.2, 0.25) is 0 Å². The van der Waals surface area contributed by atoms with Crippen molar-refractivity contribution in [2.45, 2.75) is 13.8 Å². The second-order valence-corrected chi connectivity index (χ2v) is 3.83. The molecule has 1 aromatic heterocycles. The molecule has 0 saturated carbocycles. The summed E-state index contributed by atoms with van der Waals surface area (Å²) in [6.07, 6.45) is 3.13. The van der Waals surface area contributed by atoms with Gasteiger partial charge in [-0.25, -0.2) is 9.78 Å². The first-order valence-electron chi connectivity index (χ1n) is 5.37. The van der Waals surface area contributed by atoms with Crippen molar-refractivity contribution in [2.75, 3.05) is 0 Å². The fourth-order valence-electron chi connectivity index (χ4n) is 1.50.